The average molecular weight is 536 g/mol. The molecular formula is C21H33IN2O4S. The second kappa shape index (κ2) is 13.7. The minimum Gasteiger partial charge on any atom is -0.494 e. The fourth-order valence-corrected chi connectivity index (χ4v) is 4.15. The van der Waals surface area contributed by atoms with Crippen LogP contribution >= 0.6 is 34.8 Å². The maximum atomic E-state index is 12.0. The van der Waals surface area contributed by atoms with Gasteiger partial charge < -0.3 is 19.7 Å². The van der Waals surface area contributed by atoms with Crippen molar-refractivity contribution in [3.8, 4) is 5.75 Å². The molecule has 1 N–H and O–H groups in total. The van der Waals surface area contributed by atoms with Gasteiger partial charge in [-0.3, -0.25) is 7.86 Å². The zero-order valence-corrected chi connectivity index (χ0v) is 20.5. The molecule has 0 saturated carbocycles. The number of ether oxygens (including phenoxy) is 2. The first-order valence-electron chi connectivity index (χ1n) is 10.2. The number of carbonyl (C=O) groups excluding carboxylic acids is 1. The van der Waals surface area contributed by atoms with Crippen molar-refractivity contribution in [3.63, 3.8) is 0 Å². The highest BCUT2D eigenvalue weighted by atomic mass is 127. The smallest absolute Gasteiger partial charge is 0.220 e. The summed E-state index contributed by atoms with van der Waals surface area (Å²) in [5.41, 5.74) is 0. The Morgan fingerprint density at radius 1 is 1.31 bits per heavy atom. The predicted octanol–water partition coefficient (Wildman–Crippen LogP) is 4.27. The van der Waals surface area contributed by atoms with Gasteiger partial charge in [0.1, 0.15) is 28.8 Å². The molecular weight excluding hydrogens is 503 g/mol. The summed E-state index contributed by atoms with van der Waals surface area (Å²) < 4.78 is 16.8. The molecule has 1 amide bonds. The van der Waals surface area contributed by atoms with Crippen LogP contribution in [-0.2, 0) is 12.6 Å². The fourth-order valence-electron chi connectivity index (χ4n) is 3.41. The largest absolute Gasteiger partial charge is 0.494 e. The molecule has 0 bridgehead atoms. The number of nitrogens with one attached hydrogen (secondary N) is 1. The van der Waals surface area contributed by atoms with E-state index in [0.717, 1.165) is 38.0 Å². The summed E-state index contributed by atoms with van der Waals surface area (Å²) >= 11 is 3.62. The van der Waals surface area contributed by atoms with Crippen molar-refractivity contribution in [2.24, 2.45) is 0 Å². The van der Waals surface area contributed by atoms with Crippen molar-refractivity contribution in [2.45, 2.75) is 62.4 Å². The second-order valence-corrected chi connectivity index (χ2v) is 8.79. The summed E-state index contributed by atoms with van der Waals surface area (Å²) in [6.45, 7) is 4.22. The minimum atomic E-state index is -0.138. The Hall–Kier alpha value is -0.550. The zero-order chi connectivity index (χ0) is 21.1. The summed E-state index contributed by atoms with van der Waals surface area (Å²) in [6, 6.07) is 8.50. The lowest BCUT2D eigenvalue weighted by atomic mass is 10.0. The van der Waals surface area contributed by atoms with Crippen molar-refractivity contribution in [2.75, 3.05) is 33.0 Å². The van der Waals surface area contributed by atoms with E-state index >= 15 is 0 Å². The molecule has 2 rings (SSSR count). The van der Waals surface area contributed by atoms with Gasteiger partial charge >= 0.3 is 0 Å². The highest BCUT2D eigenvalue weighted by molar-refractivity contribution is 14.1. The molecule has 1 aromatic rings. The lowest BCUT2D eigenvalue weighted by Gasteiger charge is -2.37. The number of hydrogen-bond donors (Lipinski definition) is 1. The first-order chi connectivity index (χ1) is 14.0. The van der Waals surface area contributed by atoms with Gasteiger partial charge in [0.25, 0.3) is 0 Å². The third kappa shape index (κ3) is 9.42. The van der Waals surface area contributed by atoms with Crippen LogP contribution in [0.15, 0.2) is 29.2 Å². The SMILES string of the molecule is CSc1ccc(OCCCNC(=O)CCCN(C)C2CC(C)OC(OI)C2)cc1. The topological polar surface area (TPSA) is 60.0 Å². The van der Waals surface area contributed by atoms with Gasteiger partial charge in [0.2, 0.25) is 5.91 Å². The normalized spacial score (nSPS) is 21.9. The van der Waals surface area contributed by atoms with Crippen LogP contribution in [0.1, 0.15) is 39.0 Å². The van der Waals surface area contributed by atoms with E-state index in [4.69, 9.17) is 12.5 Å². The zero-order valence-electron chi connectivity index (χ0n) is 17.6. The molecule has 1 aromatic carbocycles. The molecule has 0 aromatic heterocycles. The van der Waals surface area contributed by atoms with Crippen LogP contribution in [0.3, 0.4) is 0 Å². The number of amides is 1. The van der Waals surface area contributed by atoms with E-state index in [9.17, 15) is 4.79 Å². The number of thioether (sulfide) groups is 1. The number of carbonyl (C=O) groups is 1. The Labute approximate surface area is 193 Å². The highest BCUT2D eigenvalue weighted by Crippen LogP contribution is 2.25. The van der Waals surface area contributed by atoms with E-state index in [1.54, 1.807) is 11.8 Å². The second-order valence-electron chi connectivity index (χ2n) is 7.40. The Morgan fingerprint density at radius 2 is 2.07 bits per heavy atom. The van der Waals surface area contributed by atoms with Crippen LogP contribution < -0.4 is 10.1 Å². The van der Waals surface area contributed by atoms with E-state index in [1.807, 2.05) is 35.1 Å². The highest BCUT2D eigenvalue weighted by Gasteiger charge is 2.29. The van der Waals surface area contributed by atoms with Crippen LogP contribution in [-0.4, -0.2) is 62.2 Å². The lowest BCUT2D eigenvalue weighted by Crippen LogP contribution is -2.43. The standard InChI is InChI=1S/C21H33IN2O4S/c1-16-14-17(15-21(27-16)28-22)24(2)12-4-6-20(25)23-11-5-13-26-18-7-9-19(29-3)10-8-18/h7-10,16-17,21H,4-6,11-15H2,1-3H3,(H,23,25). The van der Waals surface area contributed by atoms with Gasteiger partial charge in [0.05, 0.1) is 12.7 Å². The van der Waals surface area contributed by atoms with E-state index in [0.29, 0.717) is 25.6 Å². The molecule has 1 aliphatic rings. The molecule has 0 aliphatic carbocycles. The summed E-state index contributed by atoms with van der Waals surface area (Å²) in [5, 5.41) is 2.98. The van der Waals surface area contributed by atoms with Crippen molar-refractivity contribution in [3.05, 3.63) is 24.3 Å². The van der Waals surface area contributed by atoms with Gasteiger partial charge in [-0.2, -0.15) is 0 Å². The molecule has 3 atom stereocenters. The molecule has 1 fully saturated rings. The number of rotatable bonds is 12. The van der Waals surface area contributed by atoms with Crippen molar-refractivity contribution >= 4 is 40.7 Å². The minimum absolute atomic E-state index is 0.108. The molecule has 1 heterocycles. The molecule has 1 aliphatic heterocycles. The fraction of sp³-hybridized carbons (Fsp3) is 0.667. The molecule has 0 radical (unpaired) electrons. The molecule has 0 spiro atoms. The average Bonchev–Trinajstić information content (AvgIpc) is 2.73. The number of nitrogens with zero attached hydrogens (tertiary/aromatic N) is 1. The van der Waals surface area contributed by atoms with Gasteiger partial charge in [-0.05, 0) is 70.3 Å². The molecule has 8 heteroatoms. The number of halogens is 1. The van der Waals surface area contributed by atoms with Crippen LogP contribution in [0.2, 0.25) is 0 Å². The predicted molar refractivity (Wildman–Crippen MR) is 126 cm³/mol. The first-order valence-corrected chi connectivity index (χ1v) is 12.3. The quantitative estimate of drug-likeness (QED) is 0.245. The van der Waals surface area contributed by atoms with Crippen molar-refractivity contribution < 1.29 is 17.3 Å². The maximum absolute atomic E-state index is 12.0. The Balaban J connectivity index is 1.53. The summed E-state index contributed by atoms with van der Waals surface area (Å²) in [5.74, 6) is 0.978. The van der Waals surface area contributed by atoms with Gasteiger partial charge in [0.15, 0.2) is 6.29 Å². The van der Waals surface area contributed by atoms with Crippen LogP contribution in [0.25, 0.3) is 0 Å². The first kappa shape index (κ1) is 24.7. The summed E-state index contributed by atoms with van der Waals surface area (Å²) in [6.07, 6.45) is 6.18. The summed E-state index contributed by atoms with van der Waals surface area (Å²) in [4.78, 5) is 15.6. The van der Waals surface area contributed by atoms with Crippen LogP contribution in [0.5, 0.6) is 5.75 Å². The van der Waals surface area contributed by atoms with Gasteiger partial charge in [-0.25, -0.2) is 0 Å². The molecule has 6 nitrogen and oxygen atoms in total. The molecule has 1 saturated heterocycles. The van der Waals surface area contributed by atoms with E-state index in [1.165, 1.54) is 4.90 Å². The Bertz CT molecular complexity index is 605. The molecule has 29 heavy (non-hydrogen) atoms. The third-order valence-electron chi connectivity index (χ3n) is 5.06. The Morgan fingerprint density at radius 3 is 2.76 bits per heavy atom. The summed E-state index contributed by atoms with van der Waals surface area (Å²) in [7, 11) is 2.12. The molecule has 164 valence electrons. The number of hydrogen-bond acceptors (Lipinski definition) is 6. The van der Waals surface area contributed by atoms with E-state index < -0.39 is 0 Å². The van der Waals surface area contributed by atoms with Crippen LogP contribution in [0, 0.1) is 0 Å². The van der Waals surface area contributed by atoms with Gasteiger partial charge in [0, 0.05) is 30.3 Å². The van der Waals surface area contributed by atoms with Crippen molar-refractivity contribution in [1.29, 1.82) is 0 Å². The van der Waals surface area contributed by atoms with Crippen molar-refractivity contribution in [1.82, 2.24) is 10.2 Å². The monoisotopic (exact) mass is 536 g/mol. The van der Waals surface area contributed by atoms with Gasteiger partial charge in [-0.1, -0.05) is 0 Å². The molecule has 3 unspecified atom stereocenters. The Kier molecular flexibility index (Phi) is 11.7. The van der Waals surface area contributed by atoms with E-state index in [-0.39, 0.29) is 18.3 Å². The van der Waals surface area contributed by atoms with Gasteiger partial charge in [-0.15, -0.1) is 11.8 Å². The number of benzene rings is 1. The lowest BCUT2D eigenvalue weighted by molar-refractivity contribution is -0.143. The third-order valence-corrected chi connectivity index (χ3v) is 6.37. The van der Waals surface area contributed by atoms with E-state index in [2.05, 4.69) is 42.6 Å². The van der Waals surface area contributed by atoms with Crippen LogP contribution in [0.4, 0.5) is 0 Å². The maximum Gasteiger partial charge on any atom is 0.220 e.